The van der Waals surface area contributed by atoms with Crippen molar-refractivity contribution in [1.82, 2.24) is 10.1 Å². The van der Waals surface area contributed by atoms with Gasteiger partial charge in [-0.15, -0.1) is 0 Å². The number of anilines is 1. The predicted octanol–water partition coefficient (Wildman–Crippen LogP) is 1.69. The quantitative estimate of drug-likeness (QED) is 0.841. The monoisotopic (exact) mass is 274 g/mol. The first kappa shape index (κ1) is 13.4. The smallest absolute Gasteiger partial charge is 0.180 e. The summed E-state index contributed by atoms with van der Waals surface area (Å²) in [7, 11) is 0. The Morgan fingerprint density at radius 1 is 1.10 bits per heavy atom. The Bertz CT molecular complexity index is 546. The third-order valence-corrected chi connectivity index (χ3v) is 3.96. The minimum absolute atomic E-state index is 0.797. The van der Waals surface area contributed by atoms with Crippen molar-refractivity contribution in [2.75, 3.05) is 44.2 Å². The molecule has 0 radical (unpaired) electrons. The van der Waals surface area contributed by atoms with Crippen LogP contribution < -0.4 is 10.6 Å². The van der Waals surface area contributed by atoms with Crippen molar-refractivity contribution in [3.63, 3.8) is 0 Å². The summed E-state index contributed by atoms with van der Waals surface area (Å²) in [5.41, 5.74) is 6.41. The summed E-state index contributed by atoms with van der Waals surface area (Å²) in [4.78, 5) is 4.83. The number of rotatable bonds is 5. The Balaban J connectivity index is 1.60. The average molecular weight is 274 g/mol. The van der Waals surface area contributed by atoms with Gasteiger partial charge in [-0.25, -0.2) is 0 Å². The molecule has 2 N–H and O–H groups in total. The van der Waals surface area contributed by atoms with E-state index in [4.69, 9.17) is 10.3 Å². The lowest BCUT2D eigenvalue weighted by atomic mass is 10.2. The number of benzene rings is 1. The highest BCUT2D eigenvalue weighted by molar-refractivity contribution is 5.88. The van der Waals surface area contributed by atoms with Crippen LogP contribution in [0.25, 0.3) is 11.0 Å². The molecule has 0 bridgehead atoms. The van der Waals surface area contributed by atoms with E-state index in [1.165, 1.54) is 6.42 Å². The molecule has 20 heavy (non-hydrogen) atoms. The van der Waals surface area contributed by atoms with Gasteiger partial charge in [-0.3, -0.25) is 4.90 Å². The highest BCUT2D eigenvalue weighted by Gasteiger charge is 2.20. The maximum atomic E-state index is 5.54. The van der Waals surface area contributed by atoms with Crippen LogP contribution in [0.3, 0.4) is 0 Å². The number of nitrogens with zero attached hydrogens (tertiary/aromatic N) is 3. The molecule has 0 aliphatic carbocycles. The SMILES string of the molecule is NCCCCN1CCN(c2noc3ccccc23)CC1. The fourth-order valence-electron chi connectivity index (χ4n) is 2.76. The molecule has 0 unspecified atom stereocenters. The summed E-state index contributed by atoms with van der Waals surface area (Å²) in [6.07, 6.45) is 2.32. The standard InChI is InChI=1S/C15H22N4O/c16-7-3-4-8-18-9-11-19(12-10-18)15-13-5-1-2-6-14(13)20-17-15/h1-2,5-6H,3-4,7-12,16H2. The third-order valence-electron chi connectivity index (χ3n) is 3.96. The number of fused-ring (bicyclic) bond motifs is 1. The highest BCUT2D eigenvalue weighted by Crippen LogP contribution is 2.26. The molecule has 0 saturated carbocycles. The van der Waals surface area contributed by atoms with Gasteiger partial charge in [0.05, 0.1) is 5.39 Å². The minimum Gasteiger partial charge on any atom is -0.354 e. The first-order chi connectivity index (χ1) is 9.88. The Morgan fingerprint density at radius 3 is 2.70 bits per heavy atom. The van der Waals surface area contributed by atoms with Crippen LogP contribution in [0.5, 0.6) is 0 Å². The molecule has 0 amide bonds. The van der Waals surface area contributed by atoms with Crippen molar-refractivity contribution in [2.24, 2.45) is 5.73 Å². The molecular formula is C15H22N4O. The van der Waals surface area contributed by atoms with E-state index in [-0.39, 0.29) is 0 Å². The second kappa shape index (κ2) is 6.24. The fourth-order valence-corrected chi connectivity index (χ4v) is 2.76. The van der Waals surface area contributed by atoms with Crippen LogP contribution in [-0.2, 0) is 0 Å². The highest BCUT2D eigenvalue weighted by atomic mass is 16.5. The Kier molecular flexibility index (Phi) is 4.18. The van der Waals surface area contributed by atoms with Gasteiger partial charge in [-0.1, -0.05) is 17.3 Å². The lowest BCUT2D eigenvalue weighted by molar-refractivity contribution is 0.252. The molecular weight excluding hydrogens is 252 g/mol. The van der Waals surface area contributed by atoms with Crippen LogP contribution in [0.1, 0.15) is 12.8 Å². The second-order valence-electron chi connectivity index (χ2n) is 5.33. The molecule has 1 aliphatic heterocycles. The zero-order valence-electron chi connectivity index (χ0n) is 11.8. The molecule has 0 spiro atoms. The first-order valence-electron chi connectivity index (χ1n) is 7.40. The molecule has 0 atom stereocenters. The van der Waals surface area contributed by atoms with Crippen molar-refractivity contribution in [3.8, 4) is 0 Å². The number of nitrogens with two attached hydrogens (primary N) is 1. The van der Waals surface area contributed by atoms with Gasteiger partial charge in [0, 0.05) is 26.2 Å². The maximum Gasteiger partial charge on any atom is 0.180 e. The van der Waals surface area contributed by atoms with Gasteiger partial charge >= 0.3 is 0 Å². The topological polar surface area (TPSA) is 58.5 Å². The van der Waals surface area contributed by atoms with E-state index < -0.39 is 0 Å². The van der Waals surface area contributed by atoms with Crippen molar-refractivity contribution in [3.05, 3.63) is 24.3 Å². The van der Waals surface area contributed by atoms with E-state index in [0.29, 0.717) is 0 Å². The number of unbranched alkanes of at least 4 members (excludes halogenated alkanes) is 1. The lowest BCUT2D eigenvalue weighted by Gasteiger charge is -2.34. The molecule has 108 valence electrons. The van der Waals surface area contributed by atoms with Crippen molar-refractivity contribution < 1.29 is 4.52 Å². The molecule has 5 nitrogen and oxygen atoms in total. The molecule has 1 fully saturated rings. The predicted molar refractivity (Wildman–Crippen MR) is 81.0 cm³/mol. The summed E-state index contributed by atoms with van der Waals surface area (Å²) in [6.45, 7) is 6.16. The molecule has 1 aromatic carbocycles. The van der Waals surface area contributed by atoms with Crippen LogP contribution in [0.4, 0.5) is 5.82 Å². The van der Waals surface area contributed by atoms with Gasteiger partial charge in [0.25, 0.3) is 0 Å². The van der Waals surface area contributed by atoms with E-state index in [2.05, 4.69) is 21.0 Å². The molecule has 1 saturated heterocycles. The van der Waals surface area contributed by atoms with Gasteiger partial charge in [0.2, 0.25) is 0 Å². The molecule has 2 heterocycles. The maximum absolute atomic E-state index is 5.54. The summed E-state index contributed by atoms with van der Waals surface area (Å²) in [5.74, 6) is 0.988. The number of hydrogen-bond donors (Lipinski definition) is 1. The molecule has 1 aromatic heterocycles. The molecule has 1 aliphatic rings. The Labute approximate surface area is 119 Å². The van der Waals surface area contributed by atoms with Gasteiger partial charge < -0.3 is 15.2 Å². The molecule has 2 aromatic rings. The summed E-state index contributed by atoms with van der Waals surface area (Å²) in [5, 5.41) is 5.35. The average Bonchev–Trinajstić information content (AvgIpc) is 2.92. The van der Waals surface area contributed by atoms with Crippen LogP contribution in [0.15, 0.2) is 28.8 Å². The van der Waals surface area contributed by atoms with E-state index >= 15 is 0 Å². The molecule has 5 heteroatoms. The second-order valence-corrected chi connectivity index (χ2v) is 5.33. The van der Waals surface area contributed by atoms with Crippen LogP contribution in [0, 0.1) is 0 Å². The van der Waals surface area contributed by atoms with Crippen LogP contribution >= 0.6 is 0 Å². The lowest BCUT2D eigenvalue weighted by Crippen LogP contribution is -2.46. The Morgan fingerprint density at radius 2 is 1.90 bits per heavy atom. The fraction of sp³-hybridized carbons (Fsp3) is 0.533. The Hall–Kier alpha value is -1.59. The van der Waals surface area contributed by atoms with Crippen LogP contribution in [0.2, 0.25) is 0 Å². The van der Waals surface area contributed by atoms with Gasteiger partial charge in [-0.05, 0) is 38.1 Å². The first-order valence-corrected chi connectivity index (χ1v) is 7.40. The van der Waals surface area contributed by atoms with E-state index in [0.717, 1.165) is 62.5 Å². The zero-order valence-corrected chi connectivity index (χ0v) is 11.8. The van der Waals surface area contributed by atoms with Gasteiger partial charge in [0.1, 0.15) is 0 Å². The number of para-hydroxylation sites is 1. The van der Waals surface area contributed by atoms with Gasteiger partial charge in [-0.2, -0.15) is 0 Å². The van der Waals surface area contributed by atoms with Crippen LogP contribution in [-0.4, -0.2) is 49.3 Å². The molecule has 3 rings (SSSR count). The number of aromatic nitrogens is 1. The van der Waals surface area contributed by atoms with Gasteiger partial charge in [0.15, 0.2) is 11.4 Å². The normalized spacial score (nSPS) is 16.9. The largest absolute Gasteiger partial charge is 0.354 e. The number of hydrogen-bond acceptors (Lipinski definition) is 5. The van der Waals surface area contributed by atoms with Crippen molar-refractivity contribution >= 4 is 16.8 Å². The van der Waals surface area contributed by atoms with E-state index in [1.807, 2.05) is 18.2 Å². The summed E-state index contributed by atoms with van der Waals surface area (Å²) < 4.78 is 5.39. The summed E-state index contributed by atoms with van der Waals surface area (Å²) >= 11 is 0. The van der Waals surface area contributed by atoms with Crippen molar-refractivity contribution in [1.29, 1.82) is 0 Å². The van der Waals surface area contributed by atoms with Crippen molar-refractivity contribution in [2.45, 2.75) is 12.8 Å². The van der Waals surface area contributed by atoms with E-state index in [1.54, 1.807) is 0 Å². The third kappa shape index (κ3) is 2.78. The number of piperazine rings is 1. The summed E-state index contributed by atoms with van der Waals surface area (Å²) in [6, 6.07) is 8.06. The van der Waals surface area contributed by atoms with E-state index in [9.17, 15) is 0 Å². The zero-order chi connectivity index (χ0) is 13.8. The minimum atomic E-state index is 0.797.